The van der Waals surface area contributed by atoms with Gasteiger partial charge in [-0.25, -0.2) is 9.37 Å². The minimum atomic E-state index is -0.377. The maximum atomic E-state index is 13.7. The van der Waals surface area contributed by atoms with Crippen LogP contribution in [0.5, 0.6) is 0 Å². The molecule has 0 saturated heterocycles. The van der Waals surface area contributed by atoms with Crippen LogP contribution in [0, 0.1) is 19.7 Å². The first-order chi connectivity index (χ1) is 16.4. The summed E-state index contributed by atoms with van der Waals surface area (Å²) in [7, 11) is 0. The Bertz CT molecular complexity index is 1320. The van der Waals surface area contributed by atoms with Crippen LogP contribution >= 0.6 is 0 Å². The Morgan fingerprint density at radius 2 is 1.47 bits per heavy atom. The normalized spacial score (nSPS) is 10.8. The molecule has 0 atom stereocenters. The number of carbonyl (C=O) groups is 1. The van der Waals surface area contributed by atoms with Crippen molar-refractivity contribution >= 4 is 40.8 Å². The highest BCUT2D eigenvalue weighted by Gasteiger charge is 2.05. The van der Waals surface area contributed by atoms with Gasteiger partial charge in [0, 0.05) is 40.5 Å². The summed E-state index contributed by atoms with van der Waals surface area (Å²) < 4.78 is 13.7. The molecule has 0 aliphatic carbocycles. The summed E-state index contributed by atoms with van der Waals surface area (Å²) in [6.45, 7) is 3.94. The molecule has 0 fully saturated rings. The molecule has 4 aromatic rings. The molecule has 0 aliphatic rings. The Kier molecular flexibility index (Phi) is 6.93. The van der Waals surface area contributed by atoms with E-state index in [1.807, 2.05) is 56.3 Å². The third-order valence-electron chi connectivity index (χ3n) is 4.91. The number of benzene rings is 3. The molecule has 1 amide bonds. The van der Waals surface area contributed by atoms with E-state index in [9.17, 15) is 9.18 Å². The Hall–Kier alpha value is -4.52. The first-order valence-electron chi connectivity index (χ1n) is 10.7. The van der Waals surface area contributed by atoms with Gasteiger partial charge >= 0.3 is 0 Å². The second-order valence-corrected chi connectivity index (χ2v) is 7.76. The molecule has 3 N–H and O–H groups in total. The summed E-state index contributed by atoms with van der Waals surface area (Å²) in [5.74, 6) is 0.416. The minimum Gasteiger partial charge on any atom is -0.340 e. The third kappa shape index (κ3) is 6.26. The van der Waals surface area contributed by atoms with Crippen LogP contribution in [0.25, 0.3) is 6.08 Å². The van der Waals surface area contributed by atoms with Crippen LogP contribution in [0.15, 0.2) is 84.9 Å². The molecule has 1 aromatic heterocycles. The van der Waals surface area contributed by atoms with Crippen LogP contribution in [-0.2, 0) is 4.79 Å². The van der Waals surface area contributed by atoms with Gasteiger partial charge in [0.15, 0.2) is 0 Å². The smallest absolute Gasteiger partial charge is 0.248 e. The molecule has 1 heterocycles. The van der Waals surface area contributed by atoms with E-state index in [1.54, 1.807) is 30.3 Å². The number of aromatic nitrogens is 2. The molecule has 34 heavy (non-hydrogen) atoms. The predicted octanol–water partition coefficient (Wildman–Crippen LogP) is 6.37. The average molecular weight is 454 g/mol. The summed E-state index contributed by atoms with van der Waals surface area (Å²) in [5.41, 5.74) is 4.68. The molecular formula is C27H24FN5O. The Labute approximate surface area is 197 Å². The van der Waals surface area contributed by atoms with Crippen LogP contribution < -0.4 is 16.0 Å². The second kappa shape index (κ2) is 10.4. The number of rotatable bonds is 7. The van der Waals surface area contributed by atoms with E-state index >= 15 is 0 Å². The summed E-state index contributed by atoms with van der Waals surface area (Å²) in [6.07, 6.45) is 2.74. The molecule has 3 aromatic carbocycles. The largest absolute Gasteiger partial charge is 0.340 e. The summed E-state index contributed by atoms with van der Waals surface area (Å²) in [4.78, 5) is 21.1. The topological polar surface area (TPSA) is 78.9 Å². The summed E-state index contributed by atoms with van der Waals surface area (Å²) >= 11 is 0. The van der Waals surface area contributed by atoms with E-state index in [2.05, 4.69) is 25.9 Å². The van der Waals surface area contributed by atoms with Crippen LogP contribution in [0.2, 0.25) is 0 Å². The predicted molar refractivity (Wildman–Crippen MR) is 135 cm³/mol. The zero-order valence-corrected chi connectivity index (χ0v) is 18.8. The number of nitrogens with zero attached hydrogens (tertiary/aromatic N) is 2. The van der Waals surface area contributed by atoms with Crippen LogP contribution in [-0.4, -0.2) is 15.9 Å². The second-order valence-electron chi connectivity index (χ2n) is 7.76. The van der Waals surface area contributed by atoms with Crippen LogP contribution in [0.1, 0.15) is 16.8 Å². The molecule has 0 bridgehead atoms. The highest BCUT2D eigenvalue weighted by Crippen LogP contribution is 2.21. The number of aryl methyl sites for hydroxylation is 2. The van der Waals surface area contributed by atoms with E-state index < -0.39 is 0 Å². The van der Waals surface area contributed by atoms with E-state index in [0.717, 1.165) is 17.1 Å². The van der Waals surface area contributed by atoms with Gasteiger partial charge < -0.3 is 16.0 Å². The zero-order chi connectivity index (χ0) is 23.9. The van der Waals surface area contributed by atoms with Gasteiger partial charge in [-0.05, 0) is 62.4 Å². The molecule has 0 aliphatic heterocycles. The van der Waals surface area contributed by atoms with Crippen molar-refractivity contribution in [1.82, 2.24) is 9.97 Å². The van der Waals surface area contributed by atoms with Crippen molar-refractivity contribution in [2.24, 2.45) is 0 Å². The van der Waals surface area contributed by atoms with Gasteiger partial charge in [-0.15, -0.1) is 0 Å². The molecule has 6 nitrogen and oxygen atoms in total. The monoisotopic (exact) mass is 453 g/mol. The first-order valence-corrected chi connectivity index (χ1v) is 10.7. The lowest BCUT2D eigenvalue weighted by molar-refractivity contribution is -0.111. The third-order valence-corrected chi connectivity index (χ3v) is 4.91. The average Bonchev–Trinajstić information content (AvgIpc) is 2.81. The van der Waals surface area contributed by atoms with Gasteiger partial charge in [0.1, 0.15) is 11.6 Å². The summed E-state index contributed by atoms with van der Waals surface area (Å²) in [5, 5.41) is 9.23. The number of amides is 1. The molecule has 170 valence electrons. The first kappa shape index (κ1) is 22.7. The van der Waals surface area contributed by atoms with E-state index in [1.165, 1.54) is 23.8 Å². The Morgan fingerprint density at radius 1 is 0.824 bits per heavy atom. The molecule has 0 saturated carbocycles. The van der Waals surface area contributed by atoms with Gasteiger partial charge in [-0.2, -0.15) is 4.98 Å². The Morgan fingerprint density at radius 3 is 2.21 bits per heavy atom. The fraction of sp³-hybridized carbons (Fsp3) is 0.0741. The van der Waals surface area contributed by atoms with Crippen molar-refractivity contribution in [2.75, 3.05) is 16.0 Å². The molecule has 0 unspecified atom stereocenters. The lowest BCUT2D eigenvalue weighted by atomic mass is 10.2. The van der Waals surface area contributed by atoms with E-state index in [0.29, 0.717) is 23.0 Å². The maximum Gasteiger partial charge on any atom is 0.248 e. The van der Waals surface area contributed by atoms with Crippen LogP contribution in [0.3, 0.4) is 0 Å². The lowest BCUT2D eigenvalue weighted by Crippen LogP contribution is -2.07. The molecule has 0 radical (unpaired) electrons. The van der Waals surface area contributed by atoms with Crippen molar-refractivity contribution in [3.63, 3.8) is 0 Å². The SMILES string of the molecule is Cc1ccc(Nc2cc(C)nc(Nc3ccc(NC(=O)/C=C/c4ccccc4F)cc3)n2)cc1. The number of hydrogen-bond acceptors (Lipinski definition) is 5. The quantitative estimate of drug-likeness (QED) is 0.283. The van der Waals surface area contributed by atoms with Crippen molar-refractivity contribution in [3.05, 3.63) is 108 Å². The number of nitrogens with one attached hydrogen (secondary N) is 3. The fourth-order valence-electron chi connectivity index (χ4n) is 3.20. The van der Waals surface area contributed by atoms with Crippen molar-refractivity contribution in [2.45, 2.75) is 13.8 Å². The number of hydrogen-bond donors (Lipinski definition) is 3. The number of carbonyl (C=O) groups excluding carboxylic acids is 1. The van der Waals surface area contributed by atoms with Gasteiger partial charge in [0.2, 0.25) is 11.9 Å². The van der Waals surface area contributed by atoms with E-state index in [-0.39, 0.29) is 11.7 Å². The highest BCUT2D eigenvalue weighted by atomic mass is 19.1. The zero-order valence-electron chi connectivity index (χ0n) is 18.8. The van der Waals surface area contributed by atoms with Gasteiger partial charge in [0.25, 0.3) is 0 Å². The summed E-state index contributed by atoms with van der Waals surface area (Å²) in [6, 6.07) is 23.4. The minimum absolute atomic E-state index is 0.349. The maximum absolute atomic E-state index is 13.7. The van der Waals surface area contributed by atoms with Crippen LogP contribution in [0.4, 0.5) is 33.2 Å². The number of anilines is 5. The molecular weight excluding hydrogens is 429 g/mol. The lowest BCUT2D eigenvalue weighted by Gasteiger charge is -2.11. The van der Waals surface area contributed by atoms with Crippen molar-refractivity contribution in [3.8, 4) is 0 Å². The Balaban J connectivity index is 1.38. The van der Waals surface area contributed by atoms with Gasteiger partial charge in [-0.3, -0.25) is 4.79 Å². The van der Waals surface area contributed by atoms with E-state index in [4.69, 9.17) is 0 Å². The van der Waals surface area contributed by atoms with Gasteiger partial charge in [0.05, 0.1) is 0 Å². The standard InChI is InChI=1S/C27H24FN5O/c1-18-7-10-21(11-8-18)30-25-17-19(2)29-27(33-25)32-23-14-12-22(13-15-23)31-26(34)16-9-20-5-3-4-6-24(20)28/h3-17H,1-2H3,(H,31,34)(H2,29,30,32,33)/b16-9+. The highest BCUT2D eigenvalue weighted by molar-refractivity contribution is 6.02. The number of halogens is 1. The molecule has 0 spiro atoms. The van der Waals surface area contributed by atoms with Crippen molar-refractivity contribution < 1.29 is 9.18 Å². The molecule has 7 heteroatoms. The fourth-order valence-corrected chi connectivity index (χ4v) is 3.20. The van der Waals surface area contributed by atoms with Crippen molar-refractivity contribution in [1.29, 1.82) is 0 Å². The molecule has 4 rings (SSSR count). The van der Waals surface area contributed by atoms with Gasteiger partial charge in [-0.1, -0.05) is 35.9 Å².